The first-order valence-corrected chi connectivity index (χ1v) is 8.17. The molecule has 2 heterocycles. The van der Waals surface area contributed by atoms with Crippen molar-refractivity contribution in [3.8, 4) is 0 Å². The molecular weight excluding hydrogens is 356 g/mol. The van der Waals surface area contributed by atoms with E-state index in [1.165, 1.54) is 24.7 Å². The molecule has 1 aromatic carbocycles. The van der Waals surface area contributed by atoms with E-state index in [1.807, 2.05) is 0 Å². The predicted octanol–water partition coefficient (Wildman–Crippen LogP) is 1.84. The molecule has 7 nitrogen and oxygen atoms in total. The van der Waals surface area contributed by atoms with Crippen LogP contribution in [-0.4, -0.2) is 36.8 Å². The highest BCUT2D eigenvalue weighted by Gasteiger charge is 2.16. The van der Waals surface area contributed by atoms with Crippen molar-refractivity contribution in [2.45, 2.75) is 6.54 Å². The molecule has 0 N–H and O–H groups in total. The summed E-state index contributed by atoms with van der Waals surface area (Å²) in [5, 5.41) is 0.554. The fourth-order valence-corrected chi connectivity index (χ4v) is 3.41. The van der Waals surface area contributed by atoms with Gasteiger partial charge in [-0.15, -0.1) is 0 Å². The first-order chi connectivity index (χ1) is 11.6. The maximum atomic E-state index is 12.2. The van der Waals surface area contributed by atoms with Crippen LogP contribution < -0.4 is 4.80 Å². The van der Waals surface area contributed by atoms with Gasteiger partial charge in [0.2, 0.25) is 5.76 Å². The molecule has 0 unspecified atom stereocenters. The van der Waals surface area contributed by atoms with Crippen LogP contribution >= 0.6 is 22.9 Å². The van der Waals surface area contributed by atoms with E-state index in [2.05, 4.69) is 4.99 Å². The summed E-state index contributed by atoms with van der Waals surface area (Å²) < 4.78 is 17.4. The third kappa shape index (κ3) is 3.44. The Kier molecular flexibility index (Phi) is 4.86. The summed E-state index contributed by atoms with van der Waals surface area (Å²) in [7, 11) is 1.30. The summed E-state index contributed by atoms with van der Waals surface area (Å²) in [5.74, 6) is -0.998. The number of ether oxygens (including phenoxy) is 3. The second-order valence-electron chi connectivity index (χ2n) is 4.78. The van der Waals surface area contributed by atoms with E-state index in [0.29, 0.717) is 16.4 Å². The molecule has 0 spiro atoms. The van der Waals surface area contributed by atoms with E-state index >= 15 is 0 Å². The topological polar surface area (TPSA) is 79.1 Å². The number of carbonyl (C=O) groups is 2. The third-order valence-corrected chi connectivity index (χ3v) is 4.49. The average Bonchev–Trinajstić information content (AvgIpc) is 2.91. The molecule has 0 saturated heterocycles. The van der Waals surface area contributed by atoms with Crippen molar-refractivity contribution in [1.82, 2.24) is 4.57 Å². The van der Waals surface area contributed by atoms with Gasteiger partial charge in [-0.25, -0.2) is 0 Å². The summed E-state index contributed by atoms with van der Waals surface area (Å²) in [5.41, 5.74) is 0.733. The normalized spacial score (nSPS) is 14.8. The zero-order valence-corrected chi connectivity index (χ0v) is 14.2. The van der Waals surface area contributed by atoms with Gasteiger partial charge >= 0.3 is 11.9 Å². The first kappa shape index (κ1) is 16.5. The predicted molar refractivity (Wildman–Crippen MR) is 87.4 cm³/mol. The summed E-state index contributed by atoms with van der Waals surface area (Å²) in [6.45, 7) is 0.610. The van der Waals surface area contributed by atoms with Crippen molar-refractivity contribution in [3.05, 3.63) is 40.0 Å². The highest BCUT2D eigenvalue weighted by atomic mass is 35.5. The van der Waals surface area contributed by atoms with E-state index in [9.17, 15) is 9.59 Å². The standard InChI is InChI=1S/C15H13ClN2O5S/c1-21-13(19)7-18-10-3-2-9(16)6-12(10)24-15(18)17-14(20)11-8-22-4-5-23-11/h2-3,6,8H,4-5,7H2,1H3. The second-order valence-corrected chi connectivity index (χ2v) is 6.22. The smallest absolute Gasteiger partial charge is 0.325 e. The molecule has 0 saturated carbocycles. The Morgan fingerprint density at radius 1 is 1.42 bits per heavy atom. The molecule has 0 aliphatic carbocycles. The van der Waals surface area contributed by atoms with Crippen molar-refractivity contribution < 1.29 is 23.8 Å². The van der Waals surface area contributed by atoms with Crippen LogP contribution in [0.5, 0.6) is 0 Å². The molecule has 1 amide bonds. The molecule has 2 aromatic rings. The van der Waals surface area contributed by atoms with Crippen molar-refractivity contribution in [1.29, 1.82) is 0 Å². The fraction of sp³-hybridized carbons (Fsp3) is 0.267. The lowest BCUT2D eigenvalue weighted by Gasteiger charge is -2.12. The molecule has 1 aliphatic heterocycles. The number of aromatic nitrogens is 1. The van der Waals surface area contributed by atoms with Crippen LogP contribution in [0.25, 0.3) is 10.2 Å². The number of thiazole rings is 1. The summed E-state index contributed by atoms with van der Waals surface area (Å²) in [6.07, 6.45) is 1.24. The Bertz CT molecular complexity index is 899. The number of esters is 1. The summed E-state index contributed by atoms with van der Waals surface area (Å²) >= 11 is 7.25. The van der Waals surface area contributed by atoms with Gasteiger partial charge in [-0.2, -0.15) is 4.99 Å². The van der Waals surface area contributed by atoms with Gasteiger partial charge < -0.3 is 18.8 Å². The molecule has 0 fully saturated rings. The molecular formula is C15H13ClN2O5S. The molecule has 24 heavy (non-hydrogen) atoms. The van der Waals surface area contributed by atoms with Crippen molar-refractivity contribution in [2.75, 3.05) is 20.3 Å². The SMILES string of the molecule is COC(=O)Cn1c(=NC(=O)C2=COCCO2)sc2cc(Cl)ccc21. The quantitative estimate of drug-likeness (QED) is 0.772. The van der Waals surface area contributed by atoms with Crippen LogP contribution in [0.2, 0.25) is 5.02 Å². The van der Waals surface area contributed by atoms with Gasteiger partial charge in [0.15, 0.2) is 4.80 Å². The number of benzene rings is 1. The van der Waals surface area contributed by atoms with Crippen LogP contribution in [-0.2, 0) is 30.3 Å². The maximum Gasteiger partial charge on any atom is 0.325 e. The van der Waals surface area contributed by atoms with E-state index in [4.69, 9.17) is 25.8 Å². The number of hydrogen-bond donors (Lipinski definition) is 0. The highest BCUT2D eigenvalue weighted by molar-refractivity contribution is 7.16. The first-order valence-electron chi connectivity index (χ1n) is 6.98. The average molecular weight is 369 g/mol. The highest BCUT2D eigenvalue weighted by Crippen LogP contribution is 2.22. The third-order valence-electron chi connectivity index (χ3n) is 3.22. The monoisotopic (exact) mass is 368 g/mol. The largest absolute Gasteiger partial charge is 0.494 e. The molecule has 0 radical (unpaired) electrons. The lowest BCUT2D eigenvalue weighted by molar-refractivity contribution is -0.141. The van der Waals surface area contributed by atoms with Gasteiger partial charge in [0.1, 0.15) is 26.0 Å². The Balaban J connectivity index is 2.09. The molecule has 1 aliphatic rings. The number of carbonyl (C=O) groups excluding carboxylic acids is 2. The minimum Gasteiger partial charge on any atom is -0.494 e. The van der Waals surface area contributed by atoms with Crippen LogP contribution in [0.15, 0.2) is 35.2 Å². The van der Waals surface area contributed by atoms with Crippen LogP contribution in [0.1, 0.15) is 0 Å². The summed E-state index contributed by atoms with van der Waals surface area (Å²) in [4.78, 5) is 28.3. The van der Waals surface area contributed by atoms with Crippen LogP contribution in [0, 0.1) is 0 Å². The van der Waals surface area contributed by atoms with Gasteiger partial charge in [-0.05, 0) is 18.2 Å². The minimum absolute atomic E-state index is 0.0290. The van der Waals surface area contributed by atoms with E-state index in [-0.39, 0.29) is 18.9 Å². The maximum absolute atomic E-state index is 12.2. The van der Waals surface area contributed by atoms with Gasteiger partial charge in [0.05, 0.1) is 17.3 Å². The molecule has 126 valence electrons. The summed E-state index contributed by atoms with van der Waals surface area (Å²) in [6, 6.07) is 5.22. The van der Waals surface area contributed by atoms with Crippen molar-refractivity contribution >= 4 is 45.0 Å². The van der Waals surface area contributed by atoms with E-state index in [0.717, 1.165) is 10.2 Å². The number of halogens is 1. The van der Waals surface area contributed by atoms with E-state index < -0.39 is 11.9 Å². The second kappa shape index (κ2) is 7.06. The fourth-order valence-electron chi connectivity index (χ4n) is 2.10. The molecule has 9 heteroatoms. The van der Waals surface area contributed by atoms with Crippen LogP contribution in [0.4, 0.5) is 0 Å². The van der Waals surface area contributed by atoms with Gasteiger partial charge in [-0.1, -0.05) is 22.9 Å². The molecule has 0 bridgehead atoms. The number of nitrogens with zero attached hydrogens (tertiary/aromatic N) is 2. The zero-order chi connectivity index (χ0) is 17.1. The number of methoxy groups -OCH3 is 1. The number of amides is 1. The number of fused-ring (bicyclic) bond motifs is 1. The van der Waals surface area contributed by atoms with Gasteiger partial charge in [0.25, 0.3) is 0 Å². The Morgan fingerprint density at radius 2 is 2.25 bits per heavy atom. The molecule has 0 atom stereocenters. The van der Waals surface area contributed by atoms with Gasteiger partial charge in [-0.3, -0.25) is 9.59 Å². The van der Waals surface area contributed by atoms with E-state index in [1.54, 1.807) is 22.8 Å². The lowest BCUT2D eigenvalue weighted by atomic mass is 10.3. The Labute approximate surface area is 145 Å². The lowest BCUT2D eigenvalue weighted by Crippen LogP contribution is -2.23. The van der Waals surface area contributed by atoms with Crippen LogP contribution in [0.3, 0.4) is 0 Å². The number of rotatable bonds is 3. The Hall–Kier alpha value is -2.32. The van der Waals surface area contributed by atoms with Crippen molar-refractivity contribution in [2.24, 2.45) is 4.99 Å². The molecule has 3 rings (SSSR count). The Morgan fingerprint density at radius 3 is 2.96 bits per heavy atom. The number of hydrogen-bond acceptors (Lipinski definition) is 6. The zero-order valence-electron chi connectivity index (χ0n) is 12.7. The minimum atomic E-state index is -0.578. The van der Waals surface area contributed by atoms with Gasteiger partial charge in [0, 0.05) is 5.02 Å². The molecule has 1 aromatic heterocycles. The van der Waals surface area contributed by atoms with Crippen molar-refractivity contribution in [3.63, 3.8) is 0 Å².